The summed E-state index contributed by atoms with van der Waals surface area (Å²) < 4.78 is 25.8. The molecule has 7 nitrogen and oxygen atoms in total. The summed E-state index contributed by atoms with van der Waals surface area (Å²) in [6.45, 7) is -0.0797. The van der Waals surface area contributed by atoms with Crippen molar-refractivity contribution in [2.75, 3.05) is 6.54 Å². The maximum Gasteiger partial charge on any atom is 0.310 e. The zero-order valence-corrected chi connectivity index (χ0v) is 9.83. The monoisotopic (exact) mass is 259 g/mol. The molecule has 17 heavy (non-hydrogen) atoms. The Kier molecular flexibility index (Phi) is 2.92. The molecule has 0 radical (unpaired) electrons. The van der Waals surface area contributed by atoms with Gasteiger partial charge in [0, 0.05) is 6.54 Å². The Hall–Kier alpha value is -1.41. The lowest BCUT2D eigenvalue weighted by atomic mass is 9.69. The number of aromatic nitrogens is 2. The summed E-state index contributed by atoms with van der Waals surface area (Å²) in [5.74, 6) is -0.948. The van der Waals surface area contributed by atoms with Gasteiger partial charge in [0.15, 0.2) is 5.03 Å². The Labute approximate surface area is 98.3 Å². The van der Waals surface area contributed by atoms with Crippen LogP contribution in [0.15, 0.2) is 17.6 Å². The van der Waals surface area contributed by atoms with Crippen molar-refractivity contribution in [2.45, 2.75) is 24.3 Å². The largest absolute Gasteiger partial charge is 0.481 e. The Balaban J connectivity index is 2.06. The third kappa shape index (κ3) is 2.18. The maximum absolute atomic E-state index is 11.7. The maximum atomic E-state index is 11.7. The molecule has 1 fully saturated rings. The Morgan fingerprint density at radius 2 is 2.29 bits per heavy atom. The molecule has 0 bridgehead atoms. The van der Waals surface area contributed by atoms with Crippen LogP contribution in [-0.4, -0.2) is 36.0 Å². The quantitative estimate of drug-likeness (QED) is 0.686. The van der Waals surface area contributed by atoms with Crippen LogP contribution in [0, 0.1) is 5.41 Å². The number of sulfonamides is 1. The number of carboxylic acid groups (broad SMARTS) is 1. The number of nitrogens with one attached hydrogen (secondary N) is 2. The molecule has 0 unspecified atom stereocenters. The van der Waals surface area contributed by atoms with Gasteiger partial charge in [0.05, 0.1) is 17.9 Å². The molecule has 0 saturated heterocycles. The lowest BCUT2D eigenvalue weighted by Gasteiger charge is -2.37. The van der Waals surface area contributed by atoms with Crippen LogP contribution >= 0.6 is 0 Å². The molecule has 1 heterocycles. The van der Waals surface area contributed by atoms with E-state index in [1.54, 1.807) is 0 Å². The molecule has 2 rings (SSSR count). The van der Waals surface area contributed by atoms with E-state index in [9.17, 15) is 13.2 Å². The highest BCUT2D eigenvalue weighted by Gasteiger charge is 2.45. The first kappa shape index (κ1) is 12.1. The molecule has 8 heteroatoms. The summed E-state index contributed by atoms with van der Waals surface area (Å²) >= 11 is 0. The van der Waals surface area contributed by atoms with Crippen molar-refractivity contribution in [1.82, 2.24) is 14.7 Å². The number of aliphatic carboxylic acids is 1. The second-order valence-corrected chi connectivity index (χ2v) is 5.91. The molecule has 0 aliphatic heterocycles. The van der Waals surface area contributed by atoms with E-state index in [1.165, 1.54) is 12.5 Å². The van der Waals surface area contributed by atoms with Gasteiger partial charge in [-0.1, -0.05) is 6.42 Å². The Morgan fingerprint density at radius 1 is 1.59 bits per heavy atom. The summed E-state index contributed by atoms with van der Waals surface area (Å²) in [4.78, 5) is 17.1. The molecule has 0 atom stereocenters. The van der Waals surface area contributed by atoms with Crippen molar-refractivity contribution < 1.29 is 18.3 Å². The van der Waals surface area contributed by atoms with Crippen molar-refractivity contribution in [2.24, 2.45) is 5.41 Å². The number of carbonyl (C=O) groups is 1. The first-order valence-electron chi connectivity index (χ1n) is 5.18. The van der Waals surface area contributed by atoms with Gasteiger partial charge in [0.2, 0.25) is 0 Å². The summed E-state index contributed by atoms with van der Waals surface area (Å²) in [6.07, 6.45) is 4.27. The molecule has 3 N–H and O–H groups in total. The van der Waals surface area contributed by atoms with E-state index in [0.29, 0.717) is 12.8 Å². The summed E-state index contributed by atoms with van der Waals surface area (Å²) in [6, 6.07) is 0. The fourth-order valence-electron chi connectivity index (χ4n) is 1.77. The van der Waals surface area contributed by atoms with Crippen LogP contribution < -0.4 is 4.72 Å². The molecule has 0 amide bonds. The molecule has 1 aliphatic rings. The lowest BCUT2D eigenvalue weighted by molar-refractivity contribution is -0.153. The zero-order chi connectivity index (χ0) is 12.5. The molecular formula is C9H13N3O4S. The predicted octanol–water partition coefficient (Wildman–Crippen LogP) is -0.0571. The van der Waals surface area contributed by atoms with Gasteiger partial charge < -0.3 is 10.1 Å². The summed E-state index contributed by atoms with van der Waals surface area (Å²) in [5, 5.41) is 9.00. The minimum Gasteiger partial charge on any atom is -0.481 e. The van der Waals surface area contributed by atoms with Crippen molar-refractivity contribution in [3.05, 3.63) is 12.5 Å². The number of H-pyrrole nitrogens is 1. The van der Waals surface area contributed by atoms with Crippen LogP contribution in [0.25, 0.3) is 0 Å². The van der Waals surface area contributed by atoms with Gasteiger partial charge in [-0.15, -0.1) is 0 Å². The second-order valence-electron chi connectivity index (χ2n) is 4.18. The normalized spacial score (nSPS) is 18.6. The predicted molar refractivity (Wildman–Crippen MR) is 57.7 cm³/mol. The van der Waals surface area contributed by atoms with Gasteiger partial charge in [0.1, 0.15) is 0 Å². The van der Waals surface area contributed by atoms with E-state index in [0.717, 1.165) is 6.42 Å². The number of rotatable bonds is 5. The first-order valence-corrected chi connectivity index (χ1v) is 6.66. The van der Waals surface area contributed by atoms with Gasteiger partial charge in [-0.3, -0.25) is 4.79 Å². The van der Waals surface area contributed by atoms with Crippen molar-refractivity contribution in [1.29, 1.82) is 0 Å². The van der Waals surface area contributed by atoms with Crippen molar-refractivity contribution in [3.8, 4) is 0 Å². The topological polar surface area (TPSA) is 112 Å². The van der Waals surface area contributed by atoms with E-state index < -0.39 is 21.4 Å². The van der Waals surface area contributed by atoms with E-state index in [-0.39, 0.29) is 11.6 Å². The smallest absolute Gasteiger partial charge is 0.310 e. The highest BCUT2D eigenvalue weighted by Crippen LogP contribution is 2.40. The number of nitrogens with zero attached hydrogens (tertiary/aromatic N) is 1. The molecule has 0 aromatic carbocycles. The number of hydrogen-bond acceptors (Lipinski definition) is 4. The Bertz CT molecular complexity index is 504. The van der Waals surface area contributed by atoms with Gasteiger partial charge >= 0.3 is 5.97 Å². The minimum absolute atomic E-state index is 0.0580. The van der Waals surface area contributed by atoms with Crippen molar-refractivity contribution >= 4 is 16.0 Å². The molecule has 1 aliphatic carbocycles. The first-order chi connectivity index (χ1) is 7.96. The van der Waals surface area contributed by atoms with Gasteiger partial charge in [-0.05, 0) is 12.8 Å². The fraction of sp³-hybridized carbons (Fsp3) is 0.556. The van der Waals surface area contributed by atoms with Gasteiger partial charge in [-0.25, -0.2) is 18.1 Å². The second kappa shape index (κ2) is 4.11. The van der Waals surface area contributed by atoms with E-state index in [1.807, 2.05) is 0 Å². The highest BCUT2D eigenvalue weighted by molar-refractivity contribution is 7.89. The molecule has 1 aromatic rings. The standard InChI is InChI=1S/C9H13N3O4S/c13-8(14)9(2-1-3-9)5-12-17(15,16)7-4-10-6-11-7/h4,6,12H,1-3,5H2,(H,10,11)(H,13,14). The SMILES string of the molecule is O=C(O)C1(CNS(=O)(=O)c2cnc[nH]2)CCC1. The number of hydrogen-bond donors (Lipinski definition) is 3. The average Bonchev–Trinajstić information content (AvgIpc) is 2.68. The molecular weight excluding hydrogens is 246 g/mol. The zero-order valence-electron chi connectivity index (χ0n) is 9.01. The third-order valence-electron chi connectivity index (χ3n) is 3.13. The molecule has 94 valence electrons. The number of carboxylic acids is 1. The lowest BCUT2D eigenvalue weighted by Crippen LogP contribution is -2.47. The van der Waals surface area contributed by atoms with E-state index in [4.69, 9.17) is 5.11 Å². The van der Waals surface area contributed by atoms with Crippen LogP contribution in [0.4, 0.5) is 0 Å². The van der Waals surface area contributed by atoms with Crippen LogP contribution in [-0.2, 0) is 14.8 Å². The van der Waals surface area contributed by atoms with Crippen molar-refractivity contribution in [3.63, 3.8) is 0 Å². The average molecular weight is 259 g/mol. The van der Waals surface area contributed by atoms with Crippen LogP contribution in [0.3, 0.4) is 0 Å². The third-order valence-corrected chi connectivity index (χ3v) is 4.45. The Morgan fingerprint density at radius 3 is 2.71 bits per heavy atom. The molecule has 1 saturated carbocycles. The summed E-state index contributed by atoms with van der Waals surface area (Å²) in [5.41, 5.74) is -0.937. The highest BCUT2D eigenvalue weighted by atomic mass is 32.2. The minimum atomic E-state index is -3.69. The van der Waals surface area contributed by atoms with Crippen LogP contribution in [0.2, 0.25) is 0 Å². The van der Waals surface area contributed by atoms with Crippen LogP contribution in [0.5, 0.6) is 0 Å². The number of aromatic amines is 1. The van der Waals surface area contributed by atoms with E-state index in [2.05, 4.69) is 14.7 Å². The molecule has 0 spiro atoms. The van der Waals surface area contributed by atoms with Gasteiger partial charge in [-0.2, -0.15) is 0 Å². The number of imidazole rings is 1. The van der Waals surface area contributed by atoms with Gasteiger partial charge in [0.25, 0.3) is 10.0 Å². The van der Waals surface area contributed by atoms with Crippen LogP contribution in [0.1, 0.15) is 19.3 Å². The molecule has 1 aromatic heterocycles. The fourth-order valence-corrected chi connectivity index (χ4v) is 2.80. The van der Waals surface area contributed by atoms with E-state index >= 15 is 0 Å². The summed E-state index contributed by atoms with van der Waals surface area (Å²) in [7, 11) is -3.69.